The van der Waals surface area contributed by atoms with E-state index in [0.717, 1.165) is 47.7 Å². The fourth-order valence-electron chi connectivity index (χ4n) is 3.08. The second kappa shape index (κ2) is 6.69. The average Bonchev–Trinajstić information content (AvgIpc) is 2.60. The number of rotatable bonds is 5. The second-order valence-electron chi connectivity index (χ2n) is 6.22. The molecular weight excluding hydrogens is 319 g/mol. The molecule has 0 N–H and O–H groups in total. The van der Waals surface area contributed by atoms with Crippen LogP contribution in [-0.4, -0.2) is 36.2 Å². The first-order valence-corrected chi connectivity index (χ1v) is 8.28. The van der Waals surface area contributed by atoms with Gasteiger partial charge in [-0.2, -0.15) is 0 Å². The van der Waals surface area contributed by atoms with E-state index < -0.39 is 0 Å². The number of likely N-dealkylation sites (tertiary alicyclic amines) is 1. The Morgan fingerprint density at radius 2 is 1.88 bits per heavy atom. The standard InChI is InChI=1S/C20H19FN2O2/c1-24-19-4-2-3-5-20(19)25-17-12-23(13-17)11-16-8-6-14-10-15(21)7-9-18(14)22-16/h2-10,17H,11-13H2,1H3. The number of methoxy groups -OCH3 is 1. The number of pyridine rings is 1. The fourth-order valence-corrected chi connectivity index (χ4v) is 3.08. The van der Waals surface area contributed by atoms with Crippen LogP contribution in [0.5, 0.6) is 11.5 Å². The van der Waals surface area contributed by atoms with Crippen molar-refractivity contribution in [2.45, 2.75) is 12.6 Å². The van der Waals surface area contributed by atoms with Crippen molar-refractivity contribution in [2.24, 2.45) is 0 Å². The summed E-state index contributed by atoms with van der Waals surface area (Å²) in [5.74, 6) is 1.30. The molecule has 128 valence electrons. The normalized spacial score (nSPS) is 15.1. The van der Waals surface area contributed by atoms with Crippen molar-refractivity contribution in [3.05, 3.63) is 66.1 Å². The van der Waals surface area contributed by atoms with Crippen LogP contribution in [-0.2, 0) is 6.54 Å². The van der Waals surface area contributed by atoms with Crippen molar-refractivity contribution in [2.75, 3.05) is 20.2 Å². The molecule has 1 aliphatic heterocycles. The molecular formula is C20H19FN2O2. The lowest BCUT2D eigenvalue weighted by Crippen LogP contribution is -2.53. The lowest BCUT2D eigenvalue weighted by atomic mass is 10.1. The zero-order chi connectivity index (χ0) is 17.2. The number of hydrogen-bond acceptors (Lipinski definition) is 4. The summed E-state index contributed by atoms with van der Waals surface area (Å²) < 4.78 is 24.5. The van der Waals surface area contributed by atoms with Crippen LogP contribution in [0.1, 0.15) is 5.69 Å². The smallest absolute Gasteiger partial charge is 0.161 e. The van der Waals surface area contributed by atoms with E-state index in [-0.39, 0.29) is 11.9 Å². The minimum Gasteiger partial charge on any atom is -0.493 e. The highest BCUT2D eigenvalue weighted by molar-refractivity contribution is 5.78. The molecule has 0 spiro atoms. The number of aromatic nitrogens is 1. The first kappa shape index (κ1) is 15.8. The Hall–Kier alpha value is -2.66. The number of benzene rings is 2. The van der Waals surface area contributed by atoms with E-state index in [1.807, 2.05) is 36.4 Å². The van der Waals surface area contributed by atoms with Gasteiger partial charge in [-0.1, -0.05) is 18.2 Å². The highest BCUT2D eigenvalue weighted by Gasteiger charge is 2.29. The van der Waals surface area contributed by atoms with Crippen LogP contribution >= 0.6 is 0 Å². The molecule has 2 aromatic carbocycles. The lowest BCUT2D eigenvalue weighted by molar-refractivity contribution is 0.0124. The molecule has 3 aromatic rings. The number of ether oxygens (including phenoxy) is 2. The van der Waals surface area contributed by atoms with Crippen molar-refractivity contribution in [1.29, 1.82) is 0 Å². The van der Waals surface area contributed by atoms with Crippen LogP contribution < -0.4 is 9.47 Å². The first-order valence-electron chi connectivity index (χ1n) is 8.28. The zero-order valence-electron chi connectivity index (χ0n) is 14.0. The van der Waals surface area contributed by atoms with E-state index in [9.17, 15) is 4.39 Å². The van der Waals surface area contributed by atoms with Crippen molar-refractivity contribution in [1.82, 2.24) is 9.88 Å². The van der Waals surface area contributed by atoms with Gasteiger partial charge in [0.05, 0.1) is 18.3 Å². The molecule has 0 unspecified atom stereocenters. The molecule has 0 aliphatic carbocycles. The van der Waals surface area contributed by atoms with Crippen molar-refractivity contribution >= 4 is 10.9 Å². The number of para-hydroxylation sites is 2. The van der Waals surface area contributed by atoms with Crippen LogP contribution in [0, 0.1) is 5.82 Å². The van der Waals surface area contributed by atoms with Crippen molar-refractivity contribution < 1.29 is 13.9 Å². The van der Waals surface area contributed by atoms with Crippen LogP contribution in [0.15, 0.2) is 54.6 Å². The minimum absolute atomic E-state index is 0.158. The lowest BCUT2D eigenvalue weighted by Gasteiger charge is -2.38. The maximum atomic E-state index is 13.2. The quantitative estimate of drug-likeness (QED) is 0.711. The Labute approximate surface area is 145 Å². The van der Waals surface area contributed by atoms with Gasteiger partial charge in [0, 0.05) is 25.0 Å². The number of fused-ring (bicyclic) bond motifs is 1. The Morgan fingerprint density at radius 1 is 1.08 bits per heavy atom. The maximum absolute atomic E-state index is 13.2. The van der Waals surface area contributed by atoms with Crippen LogP contribution in [0.3, 0.4) is 0 Å². The summed E-state index contributed by atoms with van der Waals surface area (Å²) in [6, 6.07) is 16.2. The molecule has 4 nitrogen and oxygen atoms in total. The molecule has 5 heteroatoms. The summed E-state index contributed by atoms with van der Waals surface area (Å²) in [4.78, 5) is 6.88. The molecule has 0 saturated carbocycles. The highest BCUT2D eigenvalue weighted by atomic mass is 19.1. The Bertz CT molecular complexity index is 894. The summed E-state index contributed by atoms with van der Waals surface area (Å²) in [6.45, 7) is 2.46. The fraction of sp³-hybridized carbons (Fsp3) is 0.250. The third-order valence-electron chi connectivity index (χ3n) is 4.38. The predicted molar refractivity (Wildman–Crippen MR) is 94.4 cm³/mol. The summed E-state index contributed by atoms with van der Waals surface area (Å²) in [7, 11) is 1.65. The van der Waals surface area contributed by atoms with Gasteiger partial charge in [-0.15, -0.1) is 0 Å². The molecule has 4 rings (SSSR count). The third kappa shape index (κ3) is 3.42. The maximum Gasteiger partial charge on any atom is 0.161 e. The Morgan fingerprint density at radius 3 is 2.68 bits per heavy atom. The molecule has 0 bridgehead atoms. The van der Waals surface area contributed by atoms with Gasteiger partial charge in [0.25, 0.3) is 0 Å². The van der Waals surface area contributed by atoms with E-state index in [1.54, 1.807) is 13.2 Å². The monoisotopic (exact) mass is 338 g/mol. The van der Waals surface area contributed by atoms with Gasteiger partial charge in [0.1, 0.15) is 11.9 Å². The van der Waals surface area contributed by atoms with Gasteiger partial charge >= 0.3 is 0 Å². The topological polar surface area (TPSA) is 34.6 Å². The molecule has 2 heterocycles. The summed E-state index contributed by atoms with van der Waals surface area (Å²) >= 11 is 0. The summed E-state index contributed by atoms with van der Waals surface area (Å²) in [5, 5.41) is 0.824. The van der Waals surface area contributed by atoms with Gasteiger partial charge in [0.2, 0.25) is 0 Å². The Balaban J connectivity index is 1.36. The summed E-state index contributed by atoms with van der Waals surface area (Å²) in [6.07, 6.45) is 0.158. The van der Waals surface area contributed by atoms with Gasteiger partial charge < -0.3 is 9.47 Å². The number of hydrogen-bond donors (Lipinski definition) is 0. The van der Waals surface area contributed by atoms with Gasteiger partial charge in [-0.3, -0.25) is 9.88 Å². The largest absolute Gasteiger partial charge is 0.493 e. The van der Waals surface area contributed by atoms with Crippen LogP contribution in [0.2, 0.25) is 0 Å². The van der Waals surface area contributed by atoms with Crippen molar-refractivity contribution in [3.8, 4) is 11.5 Å². The van der Waals surface area contributed by atoms with E-state index >= 15 is 0 Å². The minimum atomic E-state index is -0.235. The molecule has 25 heavy (non-hydrogen) atoms. The molecule has 0 atom stereocenters. The van der Waals surface area contributed by atoms with Gasteiger partial charge in [0.15, 0.2) is 11.5 Å². The third-order valence-corrected chi connectivity index (χ3v) is 4.38. The molecule has 0 radical (unpaired) electrons. The Kier molecular flexibility index (Phi) is 4.24. The molecule has 1 saturated heterocycles. The van der Waals surface area contributed by atoms with Gasteiger partial charge in [-0.05, 0) is 36.4 Å². The highest BCUT2D eigenvalue weighted by Crippen LogP contribution is 2.29. The van der Waals surface area contributed by atoms with Crippen LogP contribution in [0.4, 0.5) is 4.39 Å². The molecule has 1 aliphatic rings. The second-order valence-corrected chi connectivity index (χ2v) is 6.22. The van der Waals surface area contributed by atoms with Crippen molar-refractivity contribution in [3.63, 3.8) is 0 Å². The van der Waals surface area contributed by atoms with E-state index in [2.05, 4.69) is 9.88 Å². The molecule has 0 amide bonds. The summed E-state index contributed by atoms with van der Waals surface area (Å²) in [5.41, 5.74) is 1.80. The number of nitrogens with zero attached hydrogens (tertiary/aromatic N) is 2. The SMILES string of the molecule is COc1ccccc1OC1CN(Cc2ccc3cc(F)ccc3n2)C1. The average molecular weight is 338 g/mol. The van der Waals surface area contributed by atoms with E-state index in [1.165, 1.54) is 12.1 Å². The molecule has 1 fully saturated rings. The molecule has 1 aromatic heterocycles. The van der Waals surface area contributed by atoms with E-state index in [0.29, 0.717) is 0 Å². The zero-order valence-corrected chi connectivity index (χ0v) is 14.0. The predicted octanol–water partition coefficient (Wildman–Crippen LogP) is 3.65. The van der Waals surface area contributed by atoms with Crippen LogP contribution in [0.25, 0.3) is 10.9 Å². The van der Waals surface area contributed by atoms with E-state index in [4.69, 9.17) is 9.47 Å². The van der Waals surface area contributed by atoms with Gasteiger partial charge in [-0.25, -0.2) is 4.39 Å². The first-order chi connectivity index (χ1) is 12.2. The number of halogens is 1.